The molecule has 2 nitrogen and oxygen atoms in total. The van der Waals surface area contributed by atoms with Crippen LogP contribution in [0.15, 0.2) is 36.4 Å². The second-order valence-corrected chi connectivity index (χ2v) is 4.85. The number of hydrogen-bond acceptors (Lipinski definition) is 2. The number of benzene rings is 1. The predicted molar refractivity (Wildman–Crippen MR) is 71.5 cm³/mol. The van der Waals surface area contributed by atoms with E-state index in [0.717, 1.165) is 24.3 Å². The molecule has 1 N–H and O–H groups in total. The van der Waals surface area contributed by atoms with E-state index in [0.29, 0.717) is 12.6 Å². The molecule has 1 unspecified atom stereocenters. The van der Waals surface area contributed by atoms with Gasteiger partial charge in [0.1, 0.15) is 12.4 Å². The van der Waals surface area contributed by atoms with Crippen molar-refractivity contribution in [3.8, 4) is 5.75 Å². The van der Waals surface area contributed by atoms with Gasteiger partial charge < -0.3 is 10.1 Å². The first kappa shape index (κ1) is 12.2. The van der Waals surface area contributed by atoms with E-state index in [-0.39, 0.29) is 0 Å². The molecule has 1 fully saturated rings. The van der Waals surface area contributed by atoms with Crippen LogP contribution < -0.4 is 10.1 Å². The summed E-state index contributed by atoms with van der Waals surface area (Å²) in [6.45, 7) is 7.61. The average Bonchev–Trinajstić information content (AvgIpc) is 2.80. The SMILES string of the molecule is C=C(C)COc1ccccc1CC1CCCN1. The first-order chi connectivity index (χ1) is 8.25. The largest absolute Gasteiger partial charge is 0.489 e. The molecule has 0 radical (unpaired) electrons. The van der Waals surface area contributed by atoms with Gasteiger partial charge in [0.15, 0.2) is 0 Å². The van der Waals surface area contributed by atoms with Crippen molar-refractivity contribution in [1.82, 2.24) is 5.32 Å². The number of nitrogens with one attached hydrogen (secondary N) is 1. The highest BCUT2D eigenvalue weighted by molar-refractivity contribution is 5.34. The van der Waals surface area contributed by atoms with Gasteiger partial charge in [0.25, 0.3) is 0 Å². The second-order valence-electron chi connectivity index (χ2n) is 4.85. The molecule has 1 atom stereocenters. The van der Waals surface area contributed by atoms with Gasteiger partial charge >= 0.3 is 0 Å². The maximum Gasteiger partial charge on any atom is 0.123 e. The van der Waals surface area contributed by atoms with Crippen molar-refractivity contribution in [3.63, 3.8) is 0 Å². The summed E-state index contributed by atoms with van der Waals surface area (Å²) in [5.74, 6) is 1.00. The zero-order chi connectivity index (χ0) is 12.1. The first-order valence-electron chi connectivity index (χ1n) is 6.34. The van der Waals surface area contributed by atoms with Crippen LogP contribution >= 0.6 is 0 Å². The van der Waals surface area contributed by atoms with Crippen molar-refractivity contribution in [2.24, 2.45) is 0 Å². The Kier molecular flexibility index (Phi) is 4.21. The van der Waals surface area contributed by atoms with Crippen LogP contribution in [0.4, 0.5) is 0 Å². The monoisotopic (exact) mass is 231 g/mol. The third-order valence-electron chi connectivity index (χ3n) is 3.08. The lowest BCUT2D eigenvalue weighted by atomic mass is 10.0. The summed E-state index contributed by atoms with van der Waals surface area (Å²) in [7, 11) is 0. The third-order valence-corrected chi connectivity index (χ3v) is 3.08. The molecule has 2 heteroatoms. The Morgan fingerprint density at radius 3 is 3.00 bits per heavy atom. The van der Waals surface area contributed by atoms with Crippen LogP contribution in [-0.4, -0.2) is 19.2 Å². The van der Waals surface area contributed by atoms with Crippen LogP contribution in [0.25, 0.3) is 0 Å². The maximum absolute atomic E-state index is 5.78. The van der Waals surface area contributed by atoms with Crippen molar-refractivity contribution in [1.29, 1.82) is 0 Å². The lowest BCUT2D eigenvalue weighted by Gasteiger charge is -2.14. The van der Waals surface area contributed by atoms with Gasteiger partial charge in [0.05, 0.1) is 0 Å². The topological polar surface area (TPSA) is 21.3 Å². The lowest BCUT2D eigenvalue weighted by Crippen LogP contribution is -2.23. The van der Waals surface area contributed by atoms with Crippen molar-refractivity contribution < 1.29 is 4.74 Å². The van der Waals surface area contributed by atoms with E-state index in [2.05, 4.69) is 24.0 Å². The summed E-state index contributed by atoms with van der Waals surface area (Å²) >= 11 is 0. The summed E-state index contributed by atoms with van der Waals surface area (Å²) in [5, 5.41) is 3.52. The Balaban J connectivity index is 2.01. The van der Waals surface area contributed by atoms with Gasteiger partial charge in [-0.15, -0.1) is 0 Å². The molecule has 0 amide bonds. The molecule has 92 valence electrons. The number of hydrogen-bond donors (Lipinski definition) is 1. The van der Waals surface area contributed by atoms with E-state index in [1.54, 1.807) is 0 Å². The van der Waals surface area contributed by atoms with Gasteiger partial charge in [-0.3, -0.25) is 0 Å². The highest BCUT2D eigenvalue weighted by Crippen LogP contribution is 2.22. The smallest absolute Gasteiger partial charge is 0.123 e. The van der Waals surface area contributed by atoms with Crippen molar-refractivity contribution in [2.75, 3.05) is 13.2 Å². The molecule has 17 heavy (non-hydrogen) atoms. The molecule has 0 bridgehead atoms. The molecular formula is C15H21NO. The summed E-state index contributed by atoms with van der Waals surface area (Å²) in [4.78, 5) is 0. The van der Waals surface area contributed by atoms with Gasteiger partial charge in [-0.05, 0) is 49.9 Å². The van der Waals surface area contributed by atoms with Gasteiger partial charge in [0, 0.05) is 6.04 Å². The van der Waals surface area contributed by atoms with Crippen LogP contribution in [-0.2, 0) is 6.42 Å². The molecule has 1 aromatic rings. The zero-order valence-electron chi connectivity index (χ0n) is 10.5. The Labute approximate surface area is 104 Å². The van der Waals surface area contributed by atoms with Crippen LogP contribution in [0.3, 0.4) is 0 Å². The standard InChI is InChI=1S/C15H21NO/c1-12(2)11-17-15-8-4-3-6-13(15)10-14-7-5-9-16-14/h3-4,6,8,14,16H,1,5,7,9-11H2,2H3. The van der Waals surface area contributed by atoms with Gasteiger partial charge in [-0.1, -0.05) is 24.8 Å². The van der Waals surface area contributed by atoms with Crippen molar-refractivity contribution in [3.05, 3.63) is 42.0 Å². The molecule has 1 aliphatic heterocycles. The van der Waals surface area contributed by atoms with E-state index in [1.165, 1.54) is 18.4 Å². The molecule has 0 saturated carbocycles. The Morgan fingerprint density at radius 1 is 1.47 bits per heavy atom. The van der Waals surface area contributed by atoms with Crippen LogP contribution in [0.1, 0.15) is 25.3 Å². The fraction of sp³-hybridized carbons (Fsp3) is 0.467. The van der Waals surface area contributed by atoms with Gasteiger partial charge in [0.2, 0.25) is 0 Å². The molecule has 1 heterocycles. The predicted octanol–water partition coefficient (Wildman–Crippen LogP) is 2.94. The Hall–Kier alpha value is -1.28. The van der Waals surface area contributed by atoms with Crippen LogP contribution in [0.2, 0.25) is 0 Å². The fourth-order valence-electron chi connectivity index (χ4n) is 2.21. The van der Waals surface area contributed by atoms with E-state index < -0.39 is 0 Å². The molecule has 0 spiro atoms. The summed E-state index contributed by atoms with van der Waals surface area (Å²) in [6, 6.07) is 8.93. The highest BCUT2D eigenvalue weighted by Gasteiger charge is 2.16. The first-order valence-corrected chi connectivity index (χ1v) is 6.34. The maximum atomic E-state index is 5.78. The quantitative estimate of drug-likeness (QED) is 0.787. The second kappa shape index (κ2) is 5.87. The van der Waals surface area contributed by atoms with Gasteiger partial charge in [-0.25, -0.2) is 0 Å². The van der Waals surface area contributed by atoms with E-state index in [9.17, 15) is 0 Å². The Bertz CT molecular complexity index is 380. The molecule has 0 aliphatic carbocycles. The average molecular weight is 231 g/mol. The lowest BCUT2D eigenvalue weighted by molar-refractivity contribution is 0.347. The molecule has 0 aromatic heterocycles. The normalized spacial score (nSPS) is 19.2. The molecule has 2 rings (SSSR count). The number of para-hydroxylation sites is 1. The molecular weight excluding hydrogens is 210 g/mol. The summed E-state index contributed by atoms with van der Waals surface area (Å²) < 4.78 is 5.78. The van der Waals surface area contributed by atoms with Crippen LogP contribution in [0, 0.1) is 0 Å². The van der Waals surface area contributed by atoms with E-state index >= 15 is 0 Å². The minimum absolute atomic E-state index is 0.606. The minimum Gasteiger partial charge on any atom is -0.489 e. The number of ether oxygens (including phenoxy) is 1. The third kappa shape index (κ3) is 3.60. The van der Waals surface area contributed by atoms with Gasteiger partial charge in [-0.2, -0.15) is 0 Å². The fourth-order valence-corrected chi connectivity index (χ4v) is 2.21. The zero-order valence-corrected chi connectivity index (χ0v) is 10.5. The summed E-state index contributed by atoms with van der Waals surface area (Å²) in [5.41, 5.74) is 2.35. The Morgan fingerprint density at radius 2 is 2.29 bits per heavy atom. The van der Waals surface area contributed by atoms with Crippen LogP contribution in [0.5, 0.6) is 5.75 Å². The molecule has 1 aliphatic rings. The highest BCUT2D eigenvalue weighted by atomic mass is 16.5. The minimum atomic E-state index is 0.606. The molecule has 1 aromatic carbocycles. The van der Waals surface area contributed by atoms with Crippen molar-refractivity contribution >= 4 is 0 Å². The van der Waals surface area contributed by atoms with E-state index in [1.807, 2.05) is 19.1 Å². The summed E-state index contributed by atoms with van der Waals surface area (Å²) in [6.07, 6.45) is 3.63. The van der Waals surface area contributed by atoms with Crippen molar-refractivity contribution in [2.45, 2.75) is 32.2 Å². The molecule has 1 saturated heterocycles. The number of rotatable bonds is 5. The van der Waals surface area contributed by atoms with E-state index in [4.69, 9.17) is 4.74 Å².